The molecule has 0 aromatic rings. The molecule has 0 radical (unpaired) electrons. The van der Waals surface area contributed by atoms with Crippen LogP contribution in [0.1, 0.15) is 41.5 Å². The molecule has 0 spiro atoms. The Hall–Kier alpha value is -0.873. The minimum absolute atomic E-state index is 0.214. The lowest BCUT2D eigenvalue weighted by Crippen LogP contribution is -2.40. The van der Waals surface area contributed by atoms with Crippen LogP contribution in [0.5, 0.6) is 0 Å². The summed E-state index contributed by atoms with van der Waals surface area (Å²) in [5.41, 5.74) is 1.64. The van der Waals surface area contributed by atoms with Crippen molar-refractivity contribution in [2.75, 3.05) is 13.2 Å². The number of hydrogen-bond donors (Lipinski definition) is 0. The van der Waals surface area contributed by atoms with Crippen molar-refractivity contribution >= 4 is 14.3 Å². The first-order valence-corrected chi connectivity index (χ1v) is 10.1. The summed E-state index contributed by atoms with van der Waals surface area (Å²) >= 11 is 0. The van der Waals surface area contributed by atoms with Gasteiger partial charge in [-0.3, -0.25) is 0 Å². The molecule has 0 fully saturated rings. The van der Waals surface area contributed by atoms with E-state index in [4.69, 9.17) is 9.16 Å². The van der Waals surface area contributed by atoms with Gasteiger partial charge in [0.25, 0.3) is 0 Å². The molecule has 0 aliphatic heterocycles. The molecule has 0 amide bonds. The van der Waals surface area contributed by atoms with Gasteiger partial charge in [0.05, 0.1) is 13.2 Å². The Labute approximate surface area is 125 Å². The molecule has 20 heavy (non-hydrogen) atoms. The molecule has 4 heteroatoms. The summed E-state index contributed by atoms with van der Waals surface area (Å²) in [7, 11) is -1.70. The maximum atomic E-state index is 11.5. The lowest BCUT2D eigenvalue weighted by Gasteiger charge is -2.35. The molecule has 0 aliphatic carbocycles. The van der Waals surface area contributed by atoms with Gasteiger partial charge in [0, 0.05) is 5.57 Å². The number of rotatable bonds is 6. The number of carbonyl (C=O) groups excluding carboxylic acids is 1. The molecule has 0 aromatic carbocycles. The van der Waals surface area contributed by atoms with Crippen molar-refractivity contribution in [3.63, 3.8) is 0 Å². The van der Waals surface area contributed by atoms with Crippen molar-refractivity contribution in [1.82, 2.24) is 0 Å². The fourth-order valence-electron chi connectivity index (χ4n) is 1.30. The van der Waals surface area contributed by atoms with Gasteiger partial charge in [-0.05, 0) is 45.0 Å². The first-order valence-electron chi connectivity index (χ1n) is 7.17. The van der Waals surface area contributed by atoms with E-state index in [0.717, 1.165) is 5.57 Å². The van der Waals surface area contributed by atoms with E-state index in [1.54, 1.807) is 13.8 Å². The molecule has 0 unspecified atom stereocenters. The van der Waals surface area contributed by atoms with Crippen LogP contribution in [0.4, 0.5) is 0 Å². The van der Waals surface area contributed by atoms with Gasteiger partial charge in [-0.15, -0.1) is 0 Å². The van der Waals surface area contributed by atoms with E-state index in [0.29, 0.717) is 18.8 Å². The van der Waals surface area contributed by atoms with Crippen LogP contribution in [0, 0.1) is 0 Å². The Morgan fingerprint density at radius 3 is 2.20 bits per heavy atom. The number of hydrogen-bond acceptors (Lipinski definition) is 3. The highest BCUT2D eigenvalue weighted by molar-refractivity contribution is 6.74. The Balaban J connectivity index is 4.56. The molecular weight excluding hydrogens is 268 g/mol. The highest BCUT2D eigenvalue weighted by Crippen LogP contribution is 2.36. The zero-order valence-corrected chi connectivity index (χ0v) is 15.3. The quantitative estimate of drug-likeness (QED) is 0.314. The molecule has 0 rings (SSSR count). The molecule has 3 nitrogen and oxygen atoms in total. The van der Waals surface area contributed by atoms with Gasteiger partial charge >= 0.3 is 5.97 Å². The molecule has 0 heterocycles. The minimum atomic E-state index is -1.70. The monoisotopic (exact) mass is 298 g/mol. The summed E-state index contributed by atoms with van der Waals surface area (Å²) in [5.74, 6) is -0.259. The van der Waals surface area contributed by atoms with E-state index >= 15 is 0 Å². The smallest absolute Gasteiger partial charge is 0.333 e. The van der Waals surface area contributed by atoms with E-state index in [1.165, 1.54) is 0 Å². The molecule has 0 bridgehead atoms. The van der Waals surface area contributed by atoms with Crippen LogP contribution in [0.15, 0.2) is 23.3 Å². The Morgan fingerprint density at radius 1 is 1.20 bits per heavy atom. The summed E-state index contributed by atoms with van der Waals surface area (Å²) in [5, 5.41) is 0.214. The third-order valence-corrected chi connectivity index (χ3v) is 8.20. The number of allylic oxidation sites excluding steroid dienone is 2. The first-order chi connectivity index (χ1) is 9.01. The average Bonchev–Trinajstić information content (AvgIpc) is 2.27. The topological polar surface area (TPSA) is 35.5 Å². The largest absolute Gasteiger partial charge is 0.463 e. The van der Waals surface area contributed by atoms with Gasteiger partial charge < -0.3 is 9.16 Å². The fourth-order valence-corrected chi connectivity index (χ4v) is 2.24. The van der Waals surface area contributed by atoms with E-state index in [2.05, 4.69) is 33.9 Å². The maximum absolute atomic E-state index is 11.5. The van der Waals surface area contributed by atoms with Crippen LogP contribution < -0.4 is 0 Å². The summed E-state index contributed by atoms with van der Waals surface area (Å²) in [6.45, 7) is 17.7. The molecule has 0 atom stereocenters. The van der Waals surface area contributed by atoms with Gasteiger partial charge in [-0.2, -0.15) is 0 Å². The van der Waals surface area contributed by atoms with Crippen LogP contribution in [0.2, 0.25) is 18.1 Å². The Bertz CT molecular complexity index is 387. The second kappa shape index (κ2) is 7.79. The zero-order chi connectivity index (χ0) is 16.0. The van der Waals surface area contributed by atoms with Gasteiger partial charge in [-0.25, -0.2) is 4.79 Å². The van der Waals surface area contributed by atoms with Crippen LogP contribution in [-0.4, -0.2) is 27.5 Å². The predicted octanol–water partition coefficient (Wildman–Crippen LogP) is 4.46. The second-order valence-electron chi connectivity index (χ2n) is 6.57. The number of esters is 1. The molecule has 116 valence electrons. The number of ether oxygens (including phenoxy) is 1. The highest BCUT2D eigenvalue weighted by Gasteiger charge is 2.36. The van der Waals surface area contributed by atoms with E-state index in [-0.39, 0.29) is 11.0 Å². The summed E-state index contributed by atoms with van der Waals surface area (Å²) in [6, 6.07) is 0. The van der Waals surface area contributed by atoms with Crippen molar-refractivity contribution in [3.8, 4) is 0 Å². The normalized spacial score (nSPS) is 14.4. The van der Waals surface area contributed by atoms with E-state index in [1.807, 2.05) is 19.1 Å². The Morgan fingerprint density at radius 2 is 1.75 bits per heavy atom. The average molecular weight is 298 g/mol. The predicted molar refractivity (Wildman–Crippen MR) is 87.3 cm³/mol. The summed E-state index contributed by atoms with van der Waals surface area (Å²) in [6.07, 6.45) is 3.86. The van der Waals surface area contributed by atoms with Crippen molar-refractivity contribution < 1.29 is 14.0 Å². The highest BCUT2D eigenvalue weighted by atomic mass is 28.4. The van der Waals surface area contributed by atoms with Gasteiger partial charge in [0.1, 0.15) is 0 Å². The lowest BCUT2D eigenvalue weighted by molar-refractivity contribution is -0.138. The lowest BCUT2D eigenvalue weighted by atomic mass is 10.2. The van der Waals surface area contributed by atoms with Gasteiger partial charge in [0.2, 0.25) is 0 Å². The third-order valence-electron chi connectivity index (χ3n) is 3.70. The van der Waals surface area contributed by atoms with Crippen LogP contribution in [-0.2, 0) is 14.0 Å². The van der Waals surface area contributed by atoms with Crippen LogP contribution >= 0.6 is 0 Å². The fraction of sp³-hybridized carbons (Fsp3) is 0.688. The van der Waals surface area contributed by atoms with Gasteiger partial charge in [-0.1, -0.05) is 32.4 Å². The molecule has 0 saturated heterocycles. The molecule has 0 aromatic heterocycles. The molecular formula is C16H30O3Si. The van der Waals surface area contributed by atoms with Crippen LogP contribution in [0.25, 0.3) is 0 Å². The molecule has 0 aliphatic rings. The summed E-state index contributed by atoms with van der Waals surface area (Å²) < 4.78 is 11.0. The SMILES string of the molecule is CCOC(=O)/C(C)=C/C(C)=C/CO[Si](C)(C)C(C)(C)C. The second-order valence-corrected chi connectivity index (χ2v) is 11.4. The first kappa shape index (κ1) is 19.1. The Kier molecular flexibility index (Phi) is 7.45. The summed E-state index contributed by atoms with van der Waals surface area (Å²) in [4.78, 5) is 11.5. The minimum Gasteiger partial charge on any atom is -0.463 e. The standard InChI is InChI=1S/C16H30O3Si/c1-9-18-15(17)14(3)12-13(2)10-11-19-20(7,8)16(4,5)6/h10,12H,9,11H2,1-8H3/b13-10+,14-12+. The molecule has 0 N–H and O–H groups in total. The van der Waals surface area contributed by atoms with Crippen molar-refractivity contribution in [2.24, 2.45) is 0 Å². The number of carbonyl (C=O) groups is 1. The van der Waals surface area contributed by atoms with Crippen LogP contribution in [0.3, 0.4) is 0 Å². The zero-order valence-electron chi connectivity index (χ0n) is 14.3. The van der Waals surface area contributed by atoms with Crippen molar-refractivity contribution in [2.45, 2.75) is 59.7 Å². The maximum Gasteiger partial charge on any atom is 0.333 e. The van der Waals surface area contributed by atoms with Gasteiger partial charge in [0.15, 0.2) is 8.32 Å². The van der Waals surface area contributed by atoms with Crippen molar-refractivity contribution in [3.05, 3.63) is 23.3 Å². The van der Waals surface area contributed by atoms with Crippen molar-refractivity contribution in [1.29, 1.82) is 0 Å². The molecule has 0 saturated carbocycles. The van der Waals surface area contributed by atoms with E-state index < -0.39 is 8.32 Å². The third kappa shape index (κ3) is 6.53. The van der Waals surface area contributed by atoms with E-state index in [9.17, 15) is 4.79 Å².